The molecule has 0 bridgehead atoms. The molecular weight excluding hydrogens is 1070 g/mol. The Morgan fingerprint density at radius 3 is 1.31 bits per heavy atom. The number of imidazole rings is 2. The molecule has 0 saturated carbocycles. The minimum atomic E-state index is -4.97. The van der Waals surface area contributed by atoms with Crippen molar-refractivity contribution >= 4 is 22.1 Å². The second kappa shape index (κ2) is 18.1. The number of alkyl halides is 15. The zero-order valence-corrected chi connectivity index (χ0v) is 34.3. The number of para-hydroxylation sites is 4. The maximum atomic E-state index is 13.3. The van der Waals surface area contributed by atoms with Crippen LogP contribution in [0.25, 0.3) is 44.8 Å². The molecule has 0 atom stereocenters. The van der Waals surface area contributed by atoms with E-state index in [1.807, 2.05) is 0 Å². The third kappa shape index (κ3) is 10.8. The number of hydrogen-bond acceptors (Lipinski definition) is 2. The number of benzene rings is 4. The zero-order chi connectivity index (χ0) is 46.3. The van der Waals surface area contributed by atoms with Crippen molar-refractivity contribution in [2.24, 2.45) is 14.1 Å². The van der Waals surface area contributed by atoms with Crippen molar-refractivity contribution in [2.45, 2.75) is 30.9 Å². The van der Waals surface area contributed by atoms with Crippen molar-refractivity contribution in [3.8, 4) is 22.8 Å². The molecule has 0 amide bonds. The predicted octanol–water partition coefficient (Wildman–Crippen LogP) is 10.3. The van der Waals surface area contributed by atoms with E-state index in [0.717, 1.165) is 15.2 Å². The van der Waals surface area contributed by atoms with Crippen LogP contribution in [0, 0.1) is 24.8 Å². The van der Waals surface area contributed by atoms with Crippen LogP contribution in [0.3, 0.4) is 0 Å². The van der Waals surface area contributed by atoms with E-state index in [2.05, 4.69) is 40.0 Å². The number of aryl methyl sites for hydroxylation is 2. The number of hydrogen-bond donors (Lipinski definition) is 0. The van der Waals surface area contributed by atoms with Gasteiger partial charge in [0.05, 0.1) is 36.2 Å². The van der Waals surface area contributed by atoms with Crippen LogP contribution in [0.4, 0.5) is 65.9 Å². The Bertz CT molecular complexity index is 2720. The van der Waals surface area contributed by atoms with E-state index < -0.39 is 70.2 Å². The molecule has 0 fully saturated rings. The average molecular weight is 1090 g/mol. The smallest absolute Gasteiger partial charge is 0.431 e. The van der Waals surface area contributed by atoms with Gasteiger partial charge in [-0.25, -0.2) is 0 Å². The van der Waals surface area contributed by atoms with E-state index in [9.17, 15) is 65.9 Å². The first kappa shape index (κ1) is 48.8. The summed E-state index contributed by atoms with van der Waals surface area (Å²) < 4.78 is 198. The maximum absolute atomic E-state index is 13.3. The summed E-state index contributed by atoms with van der Waals surface area (Å²) in [6.07, 6.45) is -17.4. The van der Waals surface area contributed by atoms with Gasteiger partial charge < -0.3 is 28.5 Å². The van der Waals surface area contributed by atoms with Gasteiger partial charge >= 0.3 is 30.9 Å². The predicted molar refractivity (Wildman–Crippen MR) is 190 cm³/mol. The molecular formula is C41H23F15IrN7-3. The van der Waals surface area contributed by atoms with Crippen molar-refractivity contribution in [2.75, 3.05) is 0 Å². The first-order valence-electron chi connectivity index (χ1n) is 17.4. The molecule has 0 unspecified atom stereocenters. The fourth-order valence-corrected chi connectivity index (χ4v) is 5.91. The van der Waals surface area contributed by atoms with Crippen molar-refractivity contribution in [3.63, 3.8) is 0 Å². The minimum Gasteiger partial charge on any atom is -0.573 e. The molecule has 7 nitrogen and oxygen atoms in total. The van der Waals surface area contributed by atoms with Crippen molar-refractivity contribution in [1.82, 2.24) is 24.3 Å². The molecule has 1 radical (unpaired) electrons. The van der Waals surface area contributed by atoms with Crippen LogP contribution in [0.15, 0.2) is 103 Å². The zero-order valence-electron chi connectivity index (χ0n) is 31.9. The molecule has 0 aliphatic carbocycles. The summed E-state index contributed by atoms with van der Waals surface area (Å²) in [5, 5.41) is 6.47. The molecule has 4 heterocycles. The van der Waals surface area contributed by atoms with E-state index in [4.69, 9.17) is 0 Å². The van der Waals surface area contributed by atoms with Crippen molar-refractivity contribution in [3.05, 3.63) is 156 Å². The summed E-state index contributed by atoms with van der Waals surface area (Å²) in [5.41, 5.74) is -5.30. The van der Waals surface area contributed by atoms with Crippen LogP contribution in [-0.4, -0.2) is 19.2 Å². The van der Waals surface area contributed by atoms with Crippen LogP contribution in [-0.2, 0) is 65.1 Å². The van der Waals surface area contributed by atoms with E-state index in [-0.39, 0.29) is 37.9 Å². The first-order chi connectivity index (χ1) is 29.2. The molecule has 8 aromatic rings. The molecule has 4 aromatic carbocycles. The summed E-state index contributed by atoms with van der Waals surface area (Å²) in [6.45, 7) is 0. The fraction of sp³-hybridized carbons (Fsp3) is 0.171. The van der Waals surface area contributed by atoms with Gasteiger partial charge in [0.15, 0.2) is 0 Å². The number of nitrogens with zero attached hydrogens (tertiary/aromatic N) is 7. The quantitative estimate of drug-likeness (QED) is 0.101. The average Bonchev–Trinajstić information content (AvgIpc) is 3.94. The first-order valence-corrected chi connectivity index (χ1v) is 17.4. The largest absolute Gasteiger partial charge is 0.573 e. The Hall–Kier alpha value is -6.22. The van der Waals surface area contributed by atoms with Gasteiger partial charge in [0.25, 0.3) is 0 Å². The Labute approximate surface area is 364 Å². The van der Waals surface area contributed by atoms with Crippen LogP contribution < -0.4 is 14.2 Å². The van der Waals surface area contributed by atoms with Crippen LogP contribution in [0.5, 0.6) is 0 Å². The number of fused-ring (bicyclic) bond motifs is 2. The van der Waals surface area contributed by atoms with Crippen LogP contribution in [0.1, 0.15) is 27.9 Å². The number of pyridine rings is 1. The SMILES string of the molecule is C[n+]1[c-]n(-c2[c-]cc(C(F)(F)F)cc2C(F)(F)F)c2ccccc21.C[n+]1[c-]n(-c2[c-]cc(C(F)(F)F)cc2C(F)(F)F)c2ccccc21.FC(F)(F)c1cc(-c2ccccn2)[n-]n1.[Ir]. The molecule has 4 aromatic heterocycles. The molecule has 0 saturated heterocycles. The van der Waals surface area contributed by atoms with Crippen molar-refractivity contribution in [1.29, 1.82) is 0 Å². The summed E-state index contributed by atoms with van der Waals surface area (Å²) in [6, 6.07) is 24.3. The van der Waals surface area contributed by atoms with E-state index in [0.29, 0.717) is 39.9 Å². The molecule has 23 heteroatoms. The molecule has 339 valence electrons. The molecule has 64 heavy (non-hydrogen) atoms. The third-order valence-corrected chi connectivity index (χ3v) is 8.78. The Kier molecular flexibility index (Phi) is 13.8. The van der Waals surface area contributed by atoms with Crippen molar-refractivity contribution < 1.29 is 95.1 Å². The second-order valence-electron chi connectivity index (χ2n) is 13.1. The standard InChI is InChI=1S/2C16H9F6N2.C9H5F3N3.Ir/c2*1-23-9-24(14-5-3-2-4-13(14)23)12-7-6-10(15(17,18)19)8-11(12)16(20,21)22;10-9(11,12)8-5-7(14-15-8)6-3-1-2-4-13-6;/h2*2-6,8H,1H3;1-5H;/q3*-1;. The molecule has 0 aliphatic heterocycles. The molecule has 8 rings (SSSR count). The summed E-state index contributed by atoms with van der Waals surface area (Å²) in [5.74, 6) is 0. The molecule has 0 N–H and O–H groups in total. The van der Waals surface area contributed by atoms with E-state index in [1.54, 1.807) is 80.8 Å². The number of halogens is 15. The summed E-state index contributed by atoms with van der Waals surface area (Å²) in [4.78, 5) is 3.87. The van der Waals surface area contributed by atoms with E-state index in [1.165, 1.54) is 15.3 Å². The van der Waals surface area contributed by atoms with Gasteiger partial charge in [-0.2, -0.15) is 102 Å². The van der Waals surface area contributed by atoms with E-state index >= 15 is 0 Å². The maximum Gasteiger partial charge on any atom is 0.431 e. The van der Waals surface area contributed by atoms with Crippen LogP contribution in [0.2, 0.25) is 0 Å². The number of aromatic nitrogens is 7. The normalized spacial score (nSPS) is 12.3. The summed E-state index contributed by atoms with van der Waals surface area (Å²) in [7, 11) is 3.16. The summed E-state index contributed by atoms with van der Waals surface area (Å²) >= 11 is 0. The monoisotopic (exact) mass is 1090 g/mol. The topological polar surface area (TPSA) is 57.5 Å². The van der Waals surface area contributed by atoms with Gasteiger partial charge in [0.1, 0.15) is 5.69 Å². The Balaban J connectivity index is 0.000000184. The van der Waals surface area contributed by atoms with Crippen LogP contribution >= 0.6 is 0 Å². The Morgan fingerprint density at radius 2 is 0.953 bits per heavy atom. The number of rotatable bonds is 3. The van der Waals surface area contributed by atoms with Gasteiger partial charge in [-0.05, 0) is 18.2 Å². The Morgan fingerprint density at radius 1 is 0.531 bits per heavy atom. The second-order valence-corrected chi connectivity index (χ2v) is 13.1. The van der Waals surface area contributed by atoms with Gasteiger partial charge in [0, 0.05) is 32.0 Å². The minimum absolute atomic E-state index is 0. The van der Waals surface area contributed by atoms with Gasteiger partial charge in [0.2, 0.25) is 12.7 Å². The van der Waals surface area contributed by atoms with Gasteiger partial charge in [-0.15, -0.1) is 0 Å². The molecule has 0 spiro atoms. The third-order valence-electron chi connectivity index (χ3n) is 8.78. The molecule has 0 aliphatic rings. The fourth-order valence-electron chi connectivity index (χ4n) is 5.91. The van der Waals surface area contributed by atoms with Gasteiger partial charge in [-0.3, -0.25) is 4.98 Å². The van der Waals surface area contributed by atoms with Gasteiger partial charge in [-0.1, -0.05) is 93.9 Å².